The summed E-state index contributed by atoms with van der Waals surface area (Å²) in [7, 11) is 0. The molecule has 0 aliphatic carbocycles. The van der Waals surface area contributed by atoms with Gasteiger partial charge < -0.3 is 9.64 Å². The topological polar surface area (TPSA) is 66.9 Å². The van der Waals surface area contributed by atoms with Gasteiger partial charge in [0.15, 0.2) is 5.65 Å². The molecule has 0 bridgehead atoms. The number of hydrogen-bond donors (Lipinski definition) is 1. The normalized spacial score (nSPS) is 18.8. The highest BCUT2D eigenvalue weighted by Crippen LogP contribution is 2.28. The third-order valence-electron chi connectivity index (χ3n) is 3.83. The van der Waals surface area contributed by atoms with E-state index in [-0.39, 0.29) is 11.9 Å². The predicted molar refractivity (Wildman–Crippen MR) is 79.0 cm³/mol. The lowest BCUT2D eigenvalue weighted by atomic mass is 10.1. The highest BCUT2D eigenvalue weighted by atomic mass is 19.1. The fourth-order valence-corrected chi connectivity index (χ4v) is 2.72. The molecule has 1 aromatic carbocycles. The predicted octanol–water partition coefficient (Wildman–Crippen LogP) is 2.07. The Morgan fingerprint density at radius 2 is 2.09 bits per heavy atom. The molecule has 6 nitrogen and oxygen atoms in total. The smallest absolute Gasteiger partial charge is 0.160 e. The minimum absolute atomic E-state index is 0.105. The molecule has 3 aromatic rings. The van der Waals surface area contributed by atoms with Crippen molar-refractivity contribution in [2.45, 2.75) is 6.10 Å². The van der Waals surface area contributed by atoms with Crippen LogP contribution in [-0.4, -0.2) is 39.9 Å². The molecule has 0 saturated carbocycles. The van der Waals surface area contributed by atoms with Crippen molar-refractivity contribution in [1.29, 1.82) is 0 Å². The third kappa shape index (κ3) is 2.29. The Hall–Kier alpha value is -2.54. The monoisotopic (exact) mass is 299 g/mol. The summed E-state index contributed by atoms with van der Waals surface area (Å²) < 4.78 is 18.9. The Labute approximate surface area is 125 Å². The average Bonchev–Trinajstić information content (AvgIpc) is 3.04. The summed E-state index contributed by atoms with van der Waals surface area (Å²) in [5, 5.41) is 7.76. The molecular formula is C15H14FN5O. The van der Waals surface area contributed by atoms with Crippen LogP contribution in [0.2, 0.25) is 0 Å². The first kappa shape index (κ1) is 13.1. The molecule has 2 aromatic heterocycles. The van der Waals surface area contributed by atoms with Crippen molar-refractivity contribution in [1.82, 2.24) is 20.2 Å². The number of aromatic nitrogens is 4. The van der Waals surface area contributed by atoms with Crippen LogP contribution in [0.25, 0.3) is 11.0 Å². The molecule has 1 saturated heterocycles. The van der Waals surface area contributed by atoms with Gasteiger partial charge in [-0.05, 0) is 17.7 Å². The van der Waals surface area contributed by atoms with E-state index in [0.29, 0.717) is 13.2 Å². The van der Waals surface area contributed by atoms with Crippen LogP contribution >= 0.6 is 0 Å². The fourth-order valence-electron chi connectivity index (χ4n) is 2.72. The van der Waals surface area contributed by atoms with Crippen LogP contribution in [0.3, 0.4) is 0 Å². The van der Waals surface area contributed by atoms with Gasteiger partial charge in [0.05, 0.1) is 18.2 Å². The van der Waals surface area contributed by atoms with Crippen molar-refractivity contribution < 1.29 is 9.13 Å². The number of morpholine rings is 1. The summed E-state index contributed by atoms with van der Waals surface area (Å²) in [4.78, 5) is 10.7. The SMILES string of the molecule is Fc1ccc([C@H]2CN(c3ncnc4[nH]ncc34)CCO2)cc1. The Morgan fingerprint density at radius 1 is 1.23 bits per heavy atom. The van der Waals surface area contributed by atoms with Gasteiger partial charge in [-0.1, -0.05) is 12.1 Å². The van der Waals surface area contributed by atoms with Crippen molar-refractivity contribution in [3.05, 3.63) is 48.2 Å². The third-order valence-corrected chi connectivity index (χ3v) is 3.83. The van der Waals surface area contributed by atoms with E-state index in [9.17, 15) is 4.39 Å². The molecule has 22 heavy (non-hydrogen) atoms. The summed E-state index contributed by atoms with van der Waals surface area (Å²) >= 11 is 0. The zero-order chi connectivity index (χ0) is 14.9. The van der Waals surface area contributed by atoms with Crippen LogP contribution < -0.4 is 4.90 Å². The number of hydrogen-bond acceptors (Lipinski definition) is 5. The van der Waals surface area contributed by atoms with Gasteiger partial charge in [0.1, 0.15) is 24.1 Å². The second-order valence-electron chi connectivity index (χ2n) is 5.19. The largest absolute Gasteiger partial charge is 0.370 e. The van der Waals surface area contributed by atoms with Crippen LogP contribution in [-0.2, 0) is 4.74 Å². The Morgan fingerprint density at radius 3 is 2.95 bits per heavy atom. The first-order valence-corrected chi connectivity index (χ1v) is 7.07. The van der Waals surface area contributed by atoms with Crippen molar-refractivity contribution in [2.75, 3.05) is 24.6 Å². The van der Waals surface area contributed by atoms with E-state index in [2.05, 4.69) is 25.1 Å². The van der Waals surface area contributed by atoms with Crippen molar-refractivity contribution >= 4 is 16.9 Å². The van der Waals surface area contributed by atoms with E-state index in [1.807, 2.05) is 0 Å². The molecule has 3 heterocycles. The van der Waals surface area contributed by atoms with Crippen LogP contribution in [0.15, 0.2) is 36.8 Å². The number of H-pyrrole nitrogens is 1. The standard InChI is InChI=1S/C15H14FN5O/c16-11-3-1-10(2-4-11)13-8-21(5-6-22-13)15-12-7-19-20-14(12)17-9-18-15/h1-4,7,9,13H,5-6,8H2,(H,17,18,19,20)/t13-/m1/s1. The number of aromatic amines is 1. The molecule has 1 aliphatic rings. The Kier molecular flexibility index (Phi) is 3.19. The quantitative estimate of drug-likeness (QED) is 0.784. The summed E-state index contributed by atoms with van der Waals surface area (Å²) in [6.45, 7) is 1.99. The van der Waals surface area contributed by atoms with Crippen LogP contribution in [0.4, 0.5) is 10.2 Å². The number of anilines is 1. The Balaban J connectivity index is 1.63. The lowest BCUT2D eigenvalue weighted by Gasteiger charge is -2.34. The van der Waals surface area contributed by atoms with Gasteiger partial charge >= 0.3 is 0 Å². The van der Waals surface area contributed by atoms with Crippen molar-refractivity contribution in [2.24, 2.45) is 0 Å². The van der Waals surface area contributed by atoms with E-state index >= 15 is 0 Å². The molecule has 0 unspecified atom stereocenters. The van der Waals surface area contributed by atoms with E-state index in [1.165, 1.54) is 18.5 Å². The molecule has 0 radical (unpaired) electrons. The van der Waals surface area contributed by atoms with Crippen LogP contribution in [0, 0.1) is 5.82 Å². The maximum atomic E-state index is 13.1. The molecule has 7 heteroatoms. The van der Waals surface area contributed by atoms with Crippen molar-refractivity contribution in [3.8, 4) is 0 Å². The van der Waals surface area contributed by atoms with Gasteiger partial charge in [0, 0.05) is 13.1 Å². The Bertz CT molecular complexity index is 788. The lowest BCUT2D eigenvalue weighted by molar-refractivity contribution is 0.0396. The van der Waals surface area contributed by atoms with Gasteiger partial charge in [-0.2, -0.15) is 5.10 Å². The minimum Gasteiger partial charge on any atom is -0.370 e. The van der Waals surface area contributed by atoms with Crippen LogP contribution in [0.1, 0.15) is 11.7 Å². The number of nitrogens with zero attached hydrogens (tertiary/aromatic N) is 4. The fraction of sp³-hybridized carbons (Fsp3) is 0.267. The van der Waals surface area contributed by atoms with E-state index in [1.54, 1.807) is 18.3 Å². The first-order chi connectivity index (χ1) is 10.8. The lowest BCUT2D eigenvalue weighted by Crippen LogP contribution is -2.39. The van der Waals surface area contributed by atoms with E-state index in [0.717, 1.165) is 29.0 Å². The van der Waals surface area contributed by atoms with Gasteiger partial charge in [0.2, 0.25) is 0 Å². The van der Waals surface area contributed by atoms with Gasteiger partial charge in [-0.25, -0.2) is 14.4 Å². The average molecular weight is 299 g/mol. The number of nitrogens with one attached hydrogen (secondary N) is 1. The molecule has 112 valence electrons. The number of ether oxygens (including phenoxy) is 1. The second kappa shape index (κ2) is 5.34. The van der Waals surface area contributed by atoms with Crippen LogP contribution in [0.5, 0.6) is 0 Å². The van der Waals surface area contributed by atoms with Crippen molar-refractivity contribution in [3.63, 3.8) is 0 Å². The number of halogens is 1. The van der Waals surface area contributed by atoms with E-state index in [4.69, 9.17) is 4.74 Å². The molecule has 1 aliphatic heterocycles. The molecule has 1 fully saturated rings. The summed E-state index contributed by atoms with van der Waals surface area (Å²) in [6, 6.07) is 6.43. The summed E-state index contributed by atoms with van der Waals surface area (Å²) in [6.07, 6.45) is 3.15. The summed E-state index contributed by atoms with van der Waals surface area (Å²) in [5.74, 6) is 0.599. The number of rotatable bonds is 2. The zero-order valence-corrected chi connectivity index (χ0v) is 11.7. The number of benzene rings is 1. The molecule has 0 spiro atoms. The van der Waals surface area contributed by atoms with Gasteiger partial charge in [0.25, 0.3) is 0 Å². The maximum absolute atomic E-state index is 13.1. The maximum Gasteiger partial charge on any atom is 0.160 e. The van der Waals surface area contributed by atoms with E-state index < -0.39 is 0 Å². The molecular weight excluding hydrogens is 285 g/mol. The zero-order valence-electron chi connectivity index (χ0n) is 11.7. The highest BCUT2D eigenvalue weighted by Gasteiger charge is 2.24. The molecule has 4 rings (SSSR count). The molecule has 1 N–H and O–H groups in total. The second-order valence-corrected chi connectivity index (χ2v) is 5.19. The molecule has 0 amide bonds. The highest BCUT2D eigenvalue weighted by molar-refractivity contribution is 5.86. The van der Waals surface area contributed by atoms with Gasteiger partial charge in [-0.15, -0.1) is 0 Å². The first-order valence-electron chi connectivity index (χ1n) is 7.07. The van der Waals surface area contributed by atoms with Gasteiger partial charge in [-0.3, -0.25) is 5.10 Å². The molecule has 1 atom stereocenters. The number of fused-ring (bicyclic) bond motifs is 1. The minimum atomic E-state index is -0.243. The summed E-state index contributed by atoms with van der Waals surface area (Å²) in [5.41, 5.74) is 1.68.